The van der Waals surface area contributed by atoms with Gasteiger partial charge in [0, 0.05) is 0 Å². The van der Waals surface area contributed by atoms with Crippen LogP contribution in [0, 0.1) is 5.41 Å². The van der Waals surface area contributed by atoms with E-state index in [1.54, 1.807) is 20.8 Å². The zero-order valence-corrected chi connectivity index (χ0v) is 11.9. The highest BCUT2D eigenvalue weighted by Gasteiger charge is 2.47. The van der Waals surface area contributed by atoms with E-state index in [0.29, 0.717) is 6.42 Å². The second kappa shape index (κ2) is 7.90. The lowest BCUT2D eigenvalue weighted by Gasteiger charge is -2.28. The molecule has 0 aromatic heterocycles. The van der Waals surface area contributed by atoms with Gasteiger partial charge in [-0.2, -0.15) is 0 Å². The van der Waals surface area contributed by atoms with E-state index >= 15 is 0 Å². The number of hydrogen-bond acceptors (Lipinski definition) is 4. The maximum absolute atomic E-state index is 12.1. The van der Waals surface area contributed by atoms with Crippen LogP contribution in [0.4, 0.5) is 0 Å². The first-order valence-corrected chi connectivity index (χ1v) is 6.49. The monoisotopic (exact) mass is 256 g/mol. The van der Waals surface area contributed by atoms with Crippen LogP contribution >= 0.6 is 0 Å². The van der Waals surface area contributed by atoms with Gasteiger partial charge in [-0.25, -0.2) is 0 Å². The fourth-order valence-electron chi connectivity index (χ4n) is 1.73. The van der Waals surface area contributed by atoms with Gasteiger partial charge in [-0.3, -0.25) is 9.59 Å². The third-order valence-electron chi connectivity index (χ3n) is 2.99. The van der Waals surface area contributed by atoms with Gasteiger partial charge in [0.1, 0.15) is 0 Å². The van der Waals surface area contributed by atoms with Crippen LogP contribution in [-0.4, -0.2) is 25.2 Å². The van der Waals surface area contributed by atoms with Gasteiger partial charge in [0.2, 0.25) is 0 Å². The van der Waals surface area contributed by atoms with Crippen molar-refractivity contribution in [2.45, 2.75) is 47.0 Å². The molecule has 0 heterocycles. The molecule has 0 amide bonds. The Morgan fingerprint density at radius 2 is 1.44 bits per heavy atom. The molecule has 0 atom stereocenters. The van der Waals surface area contributed by atoms with Crippen molar-refractivity contribution in [3.05, 3.63) is 12.2 Å². The van der Waals surface area contributed by atoms with Crippen molar-refractivity contribution in [2.24, 2.45) is 5.41 Å². The molecule has 0 aromatic carbocycles. The van der Waals surface area contributed by atoms with Gasteiger partial charge in [-0.1, -0.05) is 26.0 Å². The fraction of sp³-hybridized carbons (Fsp3) is 0.714. The normalized spacial score (nSPS) is 10.9. The molecule has 0 unspecified atom stereocenters. The van der Waals surface area contributed by atoms with Crippen LogP contribution in [0.3, 0.4) is 0 Å². The fourth-order valence-corrected chi connectivity index (χ4v) is 1.73. The van der Waals surface area contributed by atoms with E-state index in [2.05, 4.69) is 6.58 Å². The van der Waals surface area contributed by atoms with Crippen LogP contribution < -0.4 is 0 Å². The first-order chi connectivity index (χ1) is 8.48. The average Bonchev–Trinajstić information content (AvgIpc) is 2.36. The first-order valence-electron chi connectivity index (χ1n) is 6.49. The smallest absolute Gasteiger partial charge is 0.323 e. The molecule has 104 valence electrons. The van der Waals surface area contributed by atoms with Crippen LogP contribution in [0.2, 0.25) is 0 Å². The first kappa shape index (κ1) is 16.7. The molecule has 0 rings (SSSR count). The Hall–Kier alpha value is -1.32. The Kier molecular flexibility index (Phi) is 7.32. The molecule has 0 aromatic rings. The summed E-state index contributed by atoms with van der Waals surface area (Å²) in [5.74, 6) is -1.03. The van der Waals surface area contributed by atoms with Crippen LogP contribution in [0.25, 0.3) is 0 Å². The maximum Gasteiger partial charge on any atom is 0.323 e. The van der Waals surface area contributed by atoms with Crippen molar-refractivity contribution in [2.75, 3.05) is 13.2 Å². The number of esters is 2. The van der Waals surface area contributed by atoms with E-state index in [9.17, 15) is 9.59 Å². The minimum atomic E-state index is -1.24. The second-order valence-corrected chi connectivity index (χ2v) is 4.16. The van der Waals surface area contributed by atoms with Crippen molar-refractivity contribution in [3.8, 4) is 0 Å². The molecule has 0 bridgehead atoms. The van der Waals surface area contributed by atoms with Crippen LogP contribution in [0.1, 0.15) is 47.0 Å². The maximum atomic E-state index is 12.1. The second-order valence-electron chi connectivity index (χ2n) is 4.16. The number of allylic oxidation sites excluding steroid dienone is 1. The molecule has 4 heteroatoms. The molecule has 0 N–H and O–H groups in total. The summed E-state index contributed by atoms with van der Waals surface area (Å²) in [6.07, 6.45) is 1.36. The van der Waals surface area contributed by atoms with Crippen molar-refractivity contribution in [1.29, 1.82) is 0 Å². The molecule has 0 saturated heterocycles. The minimum Gasteiger partial charge on any atom is -0.465 e. The minimum absolute atomic E-state index is 0.249. The van der Waals surface area contributed by atoms with Gasteiger partial charge >= 0.3 is 11.9 Å². The summed E-state index contributed by atoms with van der Waals surface area (Å²) in [5, 5.41) is 0. The van der Waals surface area contributed by atoms with Gasteiger partial charge < -0.3 is 9.47 Å². The average molecular weight is 256 g/mol. The number of carbonyl (C=O) groups is 2. The summed E-state index contributed by atoms with van der Waals surface area (Å²) in [7, 11) is 0. The summed E-state index contributed by atoms with van der Waals surface area (Å²) in [6, 6.07) is 0. The standard InChI is InChI=1S/C14H24O4/c1-6-11(5)10-14(7-2,12(15)17-8-3)13(16)18-9-4/h5-10H2,1-4H3. The summed E-state index contributed by atoms with van der Waals surface area (Å²) < 4.78 is 10.1. The van der Waals surface area contributed by atoms with E-state index in [4.69, 9.17) is 9.47 Å². The number of ether oxygens (including phenoxy) is 2. The zero-order valence-electron chi connectivity index (χ0n) is 11.9. The summed E-state index contributed by atoms with van der Waals surface area (Å²) in [4.78, 5) is 24.2. The molecule has 0 fully saturated rings. The lowest BCUT2D eigenvalue weighted by molar-refractivity contribution is -0.172. The van der Waals surface area contributed by atoms with E-state index in [1.807, 2.05) is 6.92 Å². The highest BCUT2D eigenvalue weighted by atomic mass is 16.6. The van der Waals surface area contributed by atoms with Crippen LogP contribution in [-0.2, 0) is 19.1 Å². The molecule has 0 spiro atoms. The van der Waals surface area contributed by atoms with Crippen molar-refractivity contribution >= 4 is 11.9 Å². The molecule has 0 saturated carbocycles. The van der Waals surface area contributed by atoms with Crippen molar-refractivity contribution in [3.63, 3.8) is 0 Å². The van der Waals surface area contributed by atoms with Gasteiger partial charge in [0.05, 0.1) is 13.2 Å². The van der Waals surface area contributed by atoms with E-state index < -0.39 is 17.4 Å². The van der Waals surface area contributed by atoms with Crippen molar-refractivity contribution < 1.29 is 19.1 Å². The van der Waals surface area contributed by atoms with Gasteiger partial charge in [-0.05, 0) is 33.1 Å². The third-order valence-corrected chi connectivity index (χ3v) is 2.99. The predicted molar refractivity (Wildman–Crippen MR) is 70.0 cm³/mol. The Labute approximate surface area is 109 Å². The number of rotatable bonds is 8. The summed E-state index contributed by atoms with van der Waals surface area (Å²) >= 11 is 0. The topological polar surface area (TPSA) is 52.6 Å². The summed E-state index contributed by atoms with van der Waals surface area (Å²) in [6.45, 7) is 11.5. The SMILES string of the molecule is C=C(CC)CC(CC)(C(=O)OCC)C(=O)OCC. The highest BCUT2D eigenvalue weighted by Crippen LogP contribution is 2.34. The molecular weight excluding hydrogens is 232 g/mol. The third kappa shape index (κ3) is 3.86. The van der Waals surface area contributed by atoms with Crippen LogP contribution in [0.15, 0.2) is 12.2 Å². The highest BCUT2D eigenvalue weighted by molar-refractivity contribution is 6.00. The Morgan fingerprint density at radius 3 is 1.72 bits per heavy atom. The lowest BCUT2D eigenvalue weighted by atomic mass is 9.78. The predicted octanol–water partition coefficient (Wildman–Crippen LogP) is 2.87. The summed E-state index contributed by atoms with van der Waals surface area (Å²) in [5.41, 5.74) is -0.392. The van der Waals surface area contributed by atoms with Crippen LogP contribution in [0.5, 0.6) is 0 Å². The number of carbonyl (C=O) groups excluding carboxylic acids is 2. The largest absolute Gasteiger partial charge is 0.465 e. The van der Waals surface area contributed by atoms with Gasteiger partial charge in [0.25, 0.3) is 0 Å². The van der Waals surface area contributed by atoms with E-state index in [0.717, 1.165) is 12.0 Å². The Morgan fingerprint density at radius 1 is 1.00 bits per heavy atom. The zero-order chi connectivity index (χ0) is 14.2. The molecule has 0 radical (unpaired) electrons. The lowest BCUT2D eigenvalue weighted by Crippen LogP contribution is -2.42. The van der Waals surface area contributed by atoms with E-state index in [-0.39, 0.29) is 19.6 Å². The molecule has 18 heavy (non-hydrogen) atoms. The molecule has 4 nitrogen and oxygen atoms in total. The molecule has 0 aliphatic heterocycles. The van der Waals surface area contributed by atoms with Crippen molar-refractivity contribution in [1.82, 2.24) is 0 Å². The van der Waals surface area contributed by atoms with E-state index in [1.165, 1.54) is 0 Å². The van der Waals surface area contributed by atoms with Gasteiger partial charge in [-0.15, -0.1) is 0 Å². The molecule has 0 aliphatic carbocycles. The molecule has 0 aliphatic rings. The quantitative estimate of drug-likeness (QED) is 0.380. The molecular formula is C14H24O4. The Balaban J connectivity index is 5.24. The number of hydrogen-bond donors (Lipinski definition) is 0. The Bertz CT molecular complexity index is 289. The van der Waals surface area contributed by atoms with Gasteiger partial charge in [0.15, 0.2) is 5.41 Å².